The summed E-state index contributed by atoms with van der Waals surface area (Å²) in [5, 5.41) is 10.1. The maximum Gasteiger partial charge on any atom is 0.152 e. The molecule has 0 bridgehead atoms. The van der Waals surface area contributed by atoms with Crippen molar-refractivity contribution in [1.82, 2.24) is 24.9 Å². The Kier molecular flexibility index (Phi) is 4.99. The number of carbonyl (C=O) groups is 1. The van der Waals surface area contributed by atoms with E-state index in [2.05, 4.69) is 33.2 Å². The van der Waals surface area contributed by atoms with Crippen LogP contribution in [-0.4, -0.2) is 50.3 Å². The molecule has 2 aromatic heterocycles. The van der Waals surface area contributed by atoms with E-state index in [1.807, 2.05) is 31.4 Å². The summed E-state index contributed by atoms with van der Waals surface area (Å²) in [5.41, 5.74) is 2.85. The minimum atomic E-state index is 0.239. The number of pyridine rings is 1. The maximum atomic E-state index is 12.5. The Morgan fingerprint density at radius 1 is 1.15 bits per heavy atom. The highest BCUT2D eigenvalue weighted by Gasteiger charge is 2.18. The molecule has 1 aromatic carbocycles. The molecule has 6 nitrogen and oxygen atoms in total. The number of rotatable bonds is 5. The van der Waals surface area contributed by atoms with Crippen LogP contribution in [0.15, 0.2) is 36.7 Å². The molecule has 0 saturated carbocycles. The van der Waals surface area contributed by atoms with E-state index in [9.17, 15) is 4.79 Å². The van der Waals surface area contributed by atoms with Gasteiger partial charge in [0.1, 0.15) is 0 Å². The van der Waals surface area contributed by atoms with E-state index in [1.54, 1.807) is 10.9 Å². The molecule has 3 heterocycles. The summed E-state index contributed by atoms with van der Waals surface area (Å²) >= 11 is 0. The molecule has 27 heavy (non-hydrogen) atoms. The number of aromatic nitrogens is 4. The molecular weight excluding hydrogens is 338 g/mol. The Bertz CT molecular complexity index is 956. The average Bonchev–Trinajstić information content (AvgIpc) is 3.09. The number of ketones is 1. The van der Waals surface area contributed by atoms with Crippen LogP contribution in [0.5, 0.6) is 0 Å². The van der Waals surface area contributed by atoms with Crippen molar-refractivity contribution < 1.29 is 4.79 Å². The second-order valence-electron chi connectivity index (χ2n) is 7.65. The Morgan fingerprint density at radius 3 is 2.70 bits per heavy atom. The highest BCUT2D eigenvalue weighted by molar-refractivity contribution is 5.88. The Morgan fingerprint density at radius 2 is 1.96 bits per heavy atom. The molecule has 0 atom stereocenters. The Hall–Kier alpha value is -2.60. The van der Waals surface area contributed by atoms with Crippen LogP contribution in [0, 0.1) is 5.92 Å². The van der Waals surface area contributed by atoms with Gasteiger partial charge in [0.15, 0.2) is 5.78 Å². The largest absolute Gasteiger partial charge is 0.298 e. The zero-order valence-electron chi connectivity index (χ0n) is 15.9. The van der Waals surface area contributed by atoms with Crippen molar-refractivity contribution >= 4 is 16.6 Å². The van der Waals surface area contributed by atoms with Crippen LogP contribution >= 0.6 is 0 Å². The summed E-state index contributed by atoms with van der Waals surface area (Å²) in [6.45, 7) is 4.88. The van der Waals surface area contributed by atoms with Crippen molar-refractivity contribution in [2.24, 2.45) is 13.0 Å². The zero-order valence-corrected chi connectivity index (χ0v) is 15.9. The summed E-state index contributed by atoms with van der Waals surface area (Å²) in [4.78, 5) is 19.3. The molecule has 6 heteroatoms. The number of piperidine rings is 1. The summed E-state index contributed by atoms with van der Waals surface area (Å²) in [7, 11) is 1.88. The molecule has 1 fully saturated rings. The number of hydrogen-bond acceptors (Lipinski definition) is 5. The highest BCUT2D eigenvalue weighted by Crippen LogP contribution is 2.24. The average molecular weight is 363 g/mol. The number of fused-ring (bicyclic) bond motifs is 1. The Balaban J connectivity index is 1.49. The smallest absolute Gasteiger partial charge is 0.152 e. The summed E-state index contributed by atoms with van der Waals surface area (Å²) in [5.74, 6) is 1.02. The molecule has 1 aliphatic heterocycles. The lowest BCUT2D eigenvalue weighted by Crippen LogP contribution is -2.37. The molecule has 0 radical (unpaired) electrons. The second kappa shape index (κ2) is 7.56. The van der Waals surface area contributed by atoms with Gasteiger partial charge in [-0.2, -0.15) is 0 Å². The van der Waals surface area contributed by atoms with Crippen LogP contribution in [0.25, 0.3) is 22.0 Å². The van der Waals surface area contributed by atoms with Crippen LogP contribution in [0.3, 0.4) is 0 Å². The molecule has 0 amide bonds. The van der Waals surface area contributed by atoms with E-state index in [0.717, 1.165) is 46.7 Å². The third-order valence-corrected chi connectivity index (χ3v) is 5.44. The fourth-order valence-corrected chi connectivity index (χ4v) is 3.72. The first kappa shape index (κ1) is 17.8. The normalized spacial score (nSPS) is 16.1. The van der Waals surface area contributed by atoms with Gasteiger partial charge in [-0.3, -0.25) is 14.7 Å². The van der Waals surface area contributed by atoms with E-state index in [1.165, 1.54) is 12.8 Å². The van der Waals surface area contributed by atoms with Crippen molar-refractivity contribution in [3.8, 4) is 11.3 Å². The Labute approximate surface area is 159 Å². The summed E-state index contributed by atoms with van der Waals surface area (Å²) in [6, 6.07) is 8.23. The van der Waals surface area contributed by atoms with E-state index >= 15 is 0 Å². The number of hydrogen-bond donors (Lipinski definition) is 0. The molecule has 1 aliphatic rings. The number of aryl methyl sites for hydroxylation is 1. The van der Waals surface area contributed by atoms with E-state index in [4.69, 9.17) is 0 Å². The van der Waals surface area contributed by atoms with E-state index in [-0.39, 0.29) is 5.78 Å². The first-order valence-corrected chi connectivity index (χ1v) is 9.56. The molecule has 4 rings (SSSR count). The van der Waals surface area contributed by atoms with Crippen LogP contribution in [0.4, 0.5) is 0 Å². The van der Waals surface area contributed by atoms with Gasteiger partial charge in [0.2, 0.25) is 0 Å². The van der Waals surface area contributed by atoms with Gasteiger partial charge in [-0.1, -0.05) is 24.3 Å². The van der Waals surface area contributed by atoms with Crippen molar-refractivity contribution in [2.45, 2.75) is 26.2 Å². The molecular formula is C21H25N5O. The van der Waals surface area contributed by atoms with Crippen LogP contribution in [-0.2, 0) is 18.3 Å². The minimum Gasteiger partial charge on any atom is -0.298 e. The van der Waals surface area contributed by atoms with Gasteiger partial charge < -0.3 is 0 Å². The minimum absolute atomic E-state index is 0.239. The van der Waals surface area contributed by atoms with Gasteiger partial charge in [-0.05, 0) is 49.4 Å². The lowest BCUT2D eigenvalue weighted by Gasteiger charge is -2.29. The van der Waals surface area contributed by atoms with Gasteiger partial charge >= 0.3 is 0 Å². The molecule has 1 saturated heterocycles. The van der Waals surface area contributed by atoms with E-state index in [0.29, 0.717) is 13.0 Å². The summed E-state index contributed by atoms with van der Waals surface area (Å²) < 4.78 is 1.76. The third-order valence-electron chi connectivity index (χ3n) is 5.44. The standard InChI is InChI=1S/C21H25N5O/c1-15-5-7-26(8-6-15)14-20(27)11-19-10-18-9-16(3-4-17(18)12-22-19)21-13-23-24-25(21)2/h3-4,9-10,12-13,15H,5-8,11,14H2,1-2H3. The fraction of sp³-hybridized carbons (Fsp3) is 0.429. The summed E-state index contributed by atoms with van der Waals surface area (Å²) in [6.07, 6.45) is 6.37. The van der Waals surface area contributed by atoms with Crippen LogP contribution in [0.1, 0.15) is 25.5 Å². The third kappa shape index (κ3) is 4.06. The first-order valence-electron chi connectivity index (χ1n) is 9.56. The zero-order chi connectivity index (χ0) is 18.8. The molecule has 140 valence electrons. The lowest BCUT2D eigenvalue weighted by atomic mass is 9.99. The van der Waals surface area contributed by atoms with Crippen molar-refractivity contribution in [3.63, 3.8) is 0 Å². The molecule has 0 spiro atoms. The van der Waals surface area contributed by atoms with Crippen LogP contribution < -0.4 is 0 Å². The van der Waals surface area contributed by atoms with Gasteiger partial charge in [-0.25, -0.2) is 4.68 Å². The van der Waals surface area contributed by atoms with Crippen molar-refractivity contribution in [3.05, 3.63) is 42.4 Å². The fourth-order valence-electron chi connectivity index (χ4n) is 3.72. The number of carbonyl (C=O) groups excluding carboxylic acids is 1. The SMILES string of the molecule is CC1CCN(CC(=O)Cc2cc3cc(-c4cnnn4C)ccc3cn2)CC1. The van der Waals surface area contributed by atoms with E-state index < -0.39 is 0 Å². The quantitative estimate of drug-likeness (QED) is 0.697. The first-order chi connectivity index (χ1) is 13.1. The lowest BCUT2D eigenvalue weighted by molar-refractivity contribution is -0.119. The van der Waals surface area contributed by atoms with Crippen molar-refractivity contribution in [1.29, 1.82) is 0 Å². The van der Waals surface area contributed by atoms with Crippen LogP contribution in [0.2, 0.25) is 0 Å². The molecule has 0 aliphatic carbocycles. The number of benzene rings is 1. The topological polar surface area (TPSA) is 63.9 Å². The predicted octanol–water partition coefficient (Wildman–Crippen LogP) is 2.87. The number of Topliss-reactive ketones (excluding diaryl/α,β-unsaturated/α-hetero) is 1. The molecule has 0 unspecified atom stereocenters. The van der Waals surface area contributed by atoms with Gasteiger partial charge in [0, 0.05) is 29.9 Å². The van der Waals surface area contributed by atoms with Gasteiger partial charge in [0.05, 0.1) is 24.9 Å². The number of likely N-dealkylation sites (tertiary alicyclic amines) is 1. The van der Waals surface area contributed by atoms with Crippen molar-refractivity contribution in [2.75, 3.05) is 19.6 Å². The monoisotopic (exact) mass is 363 g/mol. The molecule has 3 aromatic rings. The predicted molar refractivity (Wildman–Crippen MR) is 105 cm³/mol. The molecule has 0 N–H and O–H groups in total. The highest BCUT2D eigenvalue weighted by atomic mass is 16.1. The maximum absolute atomic E-state index is 12.5. The second-order valence-corrected chi connectivity index (χ2v) is 7.65. The number of nitrogens with zero attached hydrogens (tertiary/aromatic N) is 5. The van der Waals surface area contributed by atoms with Gasteiger partial charge in [0.25, 0.3) is 0 Å². The van der Waals surface area contributed by atoms with Gasteiger partial charge in [-0.15, -0.1) is 5.10 Å².